The van der Waals surface area contributed by atoms with E-state index in [2.05, 4.69) is 225 Å². The van der Waals surface area contributed by atoms with E-state index in [0.29, 0.717) is 0 Å². The Morgan fingerprint density at radius 2 is 0.955 bits per heavy atom. The Morgan fingerprint density at radius 3 is 1.72 bits per heavy atom. The molecule has 0 spiro atoms. The van der Waals surface area contributed by atoms with Gasteiger partial charge in [0.25, 0.3) is 0 Å². The normalized spacial score (nSPS) is 13.2. The Bertz CT molecular complexity index is 4620. The van der Waals surface area contributed by atoms with Crippen LogP contribution < -0.4 is 0 Å². The molecule has 6 heterocycles. The van der Waals surface area contributed by atoms with Gasteiger partial charge >= 0.3 is 0 Å². The summed E-state index contributed by atoms with van der Waals surface area (Å²) in [6.45, 7) is 14.0. The molecule has 0 atom stereocenters. The molecule has 0 saturated heterocycles. The maximum absolute atomic E-state index is 5.94. The number of hydrogen-bond donors (Lipinski definition) is 0. The number of pyridine rings is 1. The minimum Gasteiger partial charge on any atom is -0.309 e. The molecular weight excluding hydrogens is 813 g/mol. The molecule has 4 nitrogen and oxygen atoms in total. The van der Waals surface area contributed by atoms with E-state index in [4.69, 9.17) is 4.98 Å². The molecular formula is C63H46N4. The number of hydrogen-bond acceptors (Lipinski definition) is 1. The first kappa shape index (κ1) is 37.3. The zero-order valence-corrected chi connectivity index (χ0v) is 38.5. The molecule has 0 N–H and O–H groups in total. The summed E-state index contributed by atoms with van der Waals surface area (Å²) in [6.07, 6.45) is 0. The third kappa shape index (κ3) is 4.84. The smallest absolute Gasteiger partial charge is 0.146 e. The second kappa shape index (κ2) is 12.5. The lowest BCUT2D eigenvalue weighted by Crippen LogP contribution is -2.11. The molecule has 6 aromatic heterocycles. The highest BCUT2D eigenvalue weighted by Gasteiger charge is 2.29. The summed E-state index contributed by atoms with van der Waals surface area (Å²) in [7, 11) is 0. The molecule has 0 saturated carbocycles. The molecule has 9 aromatic carbocycles. The maximum atomic E-state index is 5.94. The summed E-state index contributed by atoms with van der Waals surface area (Å²) in [4.78, 5) is 5.94. The Balaban J connectivity index is 1.13. The Hall–Kier alpha value is -7.95. The van der Waals surface area contributed by atoms with Crippen molar-refractivity contribution in [2.24, 2.45) is 0 Å². The van der Waals surface area contributed by atoms with Gasteiger partial charge in [-0.15, -0.1) is 0 Å². The first-order valence-electron chi connectivity index (χ1n) is 23.7. The van der Waals surface area contributed by atoms with Crippen LogP contribution in [0.2, 0.25) is 0 Å². The minimum atomic E-state index is -0.0834. The number of benzene rings is 9. The fourth-order valence-corrected chi connectivity index (χ4v) is 12.0. The molecule has 15 aromatic rings. The Kier molecular flexibility index (Phi) is 6.94. The maximum Gasteiger partial charge on any atom is 0.146 e. The van der Waals surface area contributed by atoms with E-state index in [1.807, 2.05) is 0 Å². The van der Waals surface area contributed by atoms with Crippen LogP contribution >= 0.6 is 0 Å². The molecule has 0 aliphatic heterocycles. The van der Waals surface area contributed by atoms with Crippen LogP contribution in [0.3, 0.4) is 0 Å². The summed E-state index contributed by atoms with van der Waals surface area (Å²) in [6, 6.07) is 64.1. The predicted molar refractivity (Wildman–Crippen MR) is 286 cm³/mol. The van der Waals surface area contributed by atoms with Crippen molar-refractivity contribution >= 4 is 120 Å². The number of fused-ring (bicyclic) bond motifs is 18. The lowest BCUT2D eigenvalue weighted by molar-refractivity contribution is 0.591. The summed E-state index contributed by atoms with van der Waals surface area (Å²) < 4.78 is 7.48. The molecule has 15 rings (SSSR count). The molecule has 0 bridgehead atoms. The first-order chi connectivity index (χ1) is 32.5. The SMILES string of the molecule is CC(C)(C)c1cc(-c2ccc3c(c2)c2ccccc2n3-c2ccccc2)c2c(c1)c1cc3ccccc3c3c4nc5c(cc4n2c13)c1cc(C(C)(C)C)cc2c3cc4ccccc4cc3n5c21. The van der Waals surface area contributed by atoms with E-state index in [-0.39, 0.29) is 10.8 Å². The van der Waals surface area contributed by atoms with Gasteiger partial charge in [-0.25, -0.2) is 4.98 Å². The van der Waals surface area contributed by atoms with Gasteiger partial charge in [0.15, 0.2) is 0 Å². The average molecular weight is 859 g/mol. The van der Waals surface area contributed by atoms with Gasteiger partial charge in [0.05, 0.1) is 44.1 Å². The van der Waals surface area contributed by atoms with Crippen molar-refractivity contribution in [3.63, 3.8) is 0 Å². The molecule has 0 aliphatic rings. The van der Waals surface area contributed by atoms with Crippen LogP contribution in [0.1, 0.15) is 52.7 Å². The number of para-hydroxylation sites is 2. The van der Waals surface area contributed by atoms with Crippen molar-refractivity contribution in [2.75, 3.05) is 0 Å². The highest BCUT2D eigenvalue weighted by Crippen LogP contribution is 2.50. The standard InChI is InChI=1S/C63H46N4/c1-62(2,3)39-30-44(38-24-25-53-45(27-38)43-22-14-15-23-52(43)65(53)41-19-8-7-9-20-41)58-49(32-39)47-28-37-18-12-13-21-42(37)56-57-55(66(58)60(47)56)34-51-50-33-40(63(4,5)6)31-48-46-26-35-16-10-11-17-36(35)29-54(46)67(59(48)50)61(51)64-57/h7-34H,1-6H3. The van der Waals surface area contributed by atoms with E-state index in [1.54, 1.807) is 0 Å². The lowest BCUT2D eigenvalue weighted by atomic mass is 9.84. The van der Waals surface area contributed by atoms with E-state index in [0.717, 1.165) is 16.7 Å². The van der Waals surface area contributed by atoms with E-state index in [1.165, 1.54) is 131 Å². The highest BCUT2D eigenvalue weighted by atomic mass is 15.0. The van der Waals surface area contributed by atoms with Gasteiger partial charge in [0.2, 0.25) is 0 Å². The molecule has 0 fully saturated rings. The first-order valence-corrected chi connectivity index (χ1v) is 23.7. The van der Waals surface area contributed by atoms with Crippen LogP contribution in [-0.4, -0.2) is 18.4 Å². The van der Waals surface area contributed by atoms with Gasteiger partial charge in [-0.3, -0.25) is 4.40 Å². The zero-order chi connectivity index (χ0) is 44.8. The van der Waals surface area contributed by atoms with E-state index >= 15 is 0 Å². The van der Waals surface area contributed by atoms with Gasteiger partial charge in [-0.05, 0) is 128 Å². The molecule has 4 heteroatoms. The third-order valence-corrected chi connectivity index (χ3v) is 15.3. The van der Waals surface area contributed by atoms with E-state index < -0.39 is 0 Å². The van der Waals surface area contributed by atoms with Crippen LogP contribution in [0.15, 0.2) is 170 Å². The highest BCUT2D eigenvalue weighted by molar-refractivity contribution is 6.33. The second-order valence-electron chi connectivity index (χ2n) is 21.2. The van der Waals surface area contributed by atoms with Crippen molar-refractivity contribution in [3.8, 4) is 16.8 Å². The van der Waals surface area contributed by atoms with Gasteiger partial charge in [-0.2, -0.15) is 0 Å². The fraction of sp³-hybridized carbons (Fsp3) is 0.127. The summed E-state index contributed by atoms with van der Waals surface area (Å²) in [5, 5.41) is 16.3. The van der Waals surface area contributed by atoms with Gasteiger partial charge in [0, 0.05) is 59.7 Å². The molecule has 0 radical (unpaired) electrons. The van der Waals surface area contributed by atoms with Crippen molar-refractivity contribution in [2.45, 2.75) is 52.4 Å². The van der Waals surface area contributed by atoms with Crippen LogP contribution in [0.5, 0.6) is 0 Å². The monoisotopic (exact) mass is 858 g/mol. The van der Waals surface area contributed by atoms with Gasteiger partial charge < -0.3 is 8.97 Å². The van der Waals surface area contributed by atoms with Gasteiger partial charge in [0.1, 0.15) is 5.65 Å². The lowest BCUT2D eigenvalue weighted by Gasteiger charge is -2.21. The Morgan fingerprint density at radius 1 is 0.373 bits per heavy atom. The molecule has 0 amide bonds. The second-order valence-corrected chi connectivity index (χ2v) is 21.2. The zero-order valence-electron chi connectivity index (χ0n) is 38.5. The van der Waals surface area contributed by atoms with Crippen molar-refractivity contribution < 1.29 is 0 Å². The quantitative estimate of drug-likeness (QED) is 0.170. The van der Waals surface area contributed by atoms with Crippen LogP contribution in [0.25, 0.3) is 137 Å². The Labute approximate surface area is 386 Å². The largest absolute Gasteiger partial charge is 0.309 e. The molecule has 67 heavy (non-hydrogen) atoms. The van der Waals surface area contributed by atoms with Gasteiger partial charge in [-0.1, -0.05) is 133 Å². The van der Waals surface area contributed by atoms with Crippen LogP contribution in [0, 0.1) is 0 Å². The van der Waals surface area contributed by atoms with Crippen LogP contribution in [0.4, 0.5) is 0 Å². The number of aromatic nitrogens is 4. The summed E-state index contributed by atoms with van der Waals surface area (Å²) in [5.41, 5.74) is 16.7. The molecule has 0 aliphatic carbocycles. The predicted octanol–water partition coefficient (Wildman–Crippen LogP) is 17.0. The van der Waals surface area contributed by atoms with Crippen LogP contribution in [-0.2, 0) is 10.8 Å². The van der Waals surface area contributed by atoms with Crippen molar-refractivity contribution in [3.05, 3.63) is 181 Å². The third-order valence-electron chi connectivity index (χ3n) is 15.3. The summed E-state index contributed by atoms with van der Waals surface area (Å²) in [5.74, 6) is 0. The topological polar surface area (TPSA) is 26.6 Å². The summed E-state index contributed by atoms with van der Waals surface area (Å²) >= 11 is 0. The van der Waals surface area contributed by atoms with E-state index in [9.17, 15) is 0 Å². The average Bonchev–Trinajstić information content (AvgIpc) is 4.11. The molecule has 0 unspecified atom stereocenters. The van der Waals surface area contributed by atoms with Crippen molar-refractivity contribution in [1.29, 1.82) is 0 Å². The molecule has 318 valence electrons. The fourth-order valence-electron chi connectivity index (χ4n) is 12.0. The minimum absolute atomic E-state index is 0.0466. The number of nitrogens with zero attached hydrogens (tertiary/aromatic N) is 4. The number of rotatable bonds is 2. The van der Waals surface area contributed by atoms with Crippen molar-refractivity contribution in [1.82, 2.24) is 18.4 Å².